The molecular weight excluding hydrogens is 322 g/mol. The van der Waals surface area contributed by atoms with E-state index in [0.717, 1.165) is 11.0 Å². The molecule has 0 fully saturated rings. The Morgan fingerprint density at radius 3 is 2.60 bits per heavy atom. The van der Waals surface area contributed by atoms with Gasteiger partial charge < -0.3 is 24.7 Å². The third-order valence-corrected chi connectivity index (χ3v) is 3.71. The number of anilines is 2. The minimum absolute atomic E-state index is 0.136. The van der Waals surface area contributed by atoms with Crippen LogP contribution in [0, 0.1) is 0 Å². The lowest BCUT2D eigenvalue weighted by molar-refractivity contribution is -0.114. The normalized spacial score (nSPS) is 10.5. The number of ether oxygens (including phenoxy) is 2. The number of fused-ring (bicyclic) bond motifs is 1. The molecule has 8 heteroatoms. The summed E-state index contributed by atoms with van der Waals surface area (Å²) in [6.45, 7) is 0.136. The Morgan fingerprint density at radius 1 is 1.20 bits per heavy atom. The Bertz CT molecular complexity index is 871. The van der Waals surface area contributed by atoms with Crippen LogP contribution in [0.2, 0.25) is 0 Å². The van der Waals surface area contributed by atoms with Crippen molar-refractivity contribution in [3.8, 4) is 11.5 Å². The average molecular weight is 341 g/mol. The number of amides is 1. The molecule has 3 rings (SSSR count). The number of rotatable bonds is 6. The summed E-state index contributed by atoms with van der Waals surface area (Å²) in [5.74, 6) is 1.71. The van der Waals surface area contributed by atoms with Crippen LogP contribution in [0.1, 0.15) is 0 Å². The maximum Gasteiger partial charge on any atom is 0.243 e. The highest BCUT2D eigenvalue weighted by molar-refractivity contribution is 5.96. The lowest BCUT2D eigenvalue weighted by atomic mass is 10.2. The molecule has 2 N–H and O–H groups in total. The van der Waals surface area contributed by atoms with Crippen molar-refractivity contribution in [1.82, 2.24) is 15.0 Å². The second-order valence-corrected chi connectivity index (χ2v) is 5.44. The minimum Gasteiger partial charge on any atom is -0.497 e. The number of hydrogen-bond donors (Lipinski definition) is 2. The molecular formula is C17H19N5O3. The van der Waals surface area contributed by atoms with E-state index in [1.165, 1.54) is 6.33 Å². The van der Waals surface area contributed by atoms with Crippen LogP contribution in [0.4, 0.5) is 11.5 Å². The lowest BCUT2D eigenvalue weighted by Crippen LogP contribution is -2.30. The molecule has 2 aromatic heterocycles. The molecule has 0 saturated carbocycles. The molecule has 0 saturated heterocycles. The van der Waals surface area contributed by atoms with Gasteiger partial charge in [0.05, 0.1) is 26.2 Å². The summed E-state index contributed by atoms with van der Waals surface area (Å²) in [7, 11) is 4.93. The second kappa shape index (κ2) is 7.08. The summed E-state index contributed by atoms with van der Waals surface area (Å²) in [6.07, 6.45) is 3.26. The molecule has 0 bridgehead atoms. The Balaban J connectivity index is 1.73. The van der Waals surface area contributed by atoms with Gasteiger partial charge in [-0.1, -0.05) is 0 Å². The summed E-state index contributed by atoms with van der Waals surface area (Å²) >= 11 is 0. The van der Waals surface area contributed by atoms with Gasteiger partial charge >= 0.3 is 0 Å². The van der Waals surface area contributed by atoms with E-state index in [0.29, 0.717) is 23.0 Å². The highest BCUT2D eigenvalue weighted by Crippen LogP contribution is 2.26. The number of carbonyl (C=O) groups is 1. The van der Waals surface area contributed by atoms with Gasteiger partial charge in [-0.2, -0.15) is 0 Å². The summed E-state index contributed by atoms with van der Waals surface area (Å²) in [5.41, 5.74) is 1.33. The first-order valence-corrected chi connectivity index (χ1v) is 7.63. The van der Waals surface area contributed by atoms with Gasteiger partial charge in [0.2, 0.25) is 5.91 Å². The fourth-order valence-corrected chi connectivity index (χ4v) is 2.53. The van der Waals surface area contributed by atoms with E-state index in [4.69, 9.17) is 9.47 Å². The number of hydrogen-bond acceptors (Lipinski definition) is 6. The zero-order chi connectivity index (χ0) is 17.8. The van der Waals surface area contributed by atoms with Crippen molar-refractivity contribution >= 4 is 28.4 Å². The maximum atomic E-state index is 12.4. The zero-order valence-electron chi connectivity index (χ0n) is 14.2. The van der Waals surface area contributed by atoms with Crippen LogP contribution < -0.4 is 19.7 Å². The van der Waals surface area contributed by atoms with Gasteiger partial charge in [-0.25, -0.2) is 9.97 Å². The highest BCUT2D eigenvalue weighted by atomic mass is 16.5. The van der Waals surface area contributed by atoms with Crippen molar-refractivity contribution in [3.63, 3.8) is 0 Å². The molecule has 130 valence electrons. The first-order valence-electron chi connectivity index (χ1n) is 7.63. The molecule has 1 amide bonds. The molecule has 3 aromatic rings. The topological polar surface area (TPSA) is 92.4 Å². The largest absolute Gasteiger partial charge is 0.497 e. The van der Waals surface area contributed by atoms with Crippen LogP contribution in [0.15, 0.2) is 36.8 Å². The first kappa shape index (κ1) is 16.6. The number of aromatic amines is 1. The summed E-state index contributed by atoms with van der Waals surface area (Å²) in [5, 5.41) is 3.70. The molecule has 0 radical (unpaired) electrons. The quantitative estimate of drug-likeness (QED) is 0.713. The molecule has 0 aliphatic rings. The van der Waals surface area contributed by atoms with Crippen LogP contribution >= 0.6 is 0 Å². The number of methoxy groups -OCH3 is 2. The number of aromatic nitrogens is 3. The van der Waals surface area contributed by atoms with Crippen molar-refractivity contribution in [2.45, 2.75) is 0 Å². The smallest absolute Gasteiger partial charge is 0.243 e. The zero-order valence-corrected chi connectivity index (χ0v) is 14.2. The van der Waals surface area contributed by atoms with Gasteiger partial charge in [-0.05, 0) is 6.07 Å². The van der Waals surface area contributed by atoms with Crippen LogP contribution in [0.3, 0.4) is 0 Å². The molecule has 0 spiro atoms. The Morgan fingerprint density at radius 2 is 1.92 bits per heavy atom. The third-order valence-electron chi connectivity index (χ3n) is 3.71. The van der Waals surface area contributed by atoms with E-state index in [9.17, 15) is 4.79 Å². The fraction of sp³-hybridized carbons (Fsp3) is 0.235. The van der Waals surface area contributed by atoms with Crippen molar-refractivity contribution in [2.75, 3.05) is 38.0 Å². The second-order valence-electron chi connectivity index (χ2n) is 5.44. The predicted octanol–water partition coefficient (Wildman–Crippen LogP) is 2.05. The van der Waals surface area contributed by atoms with Gasteiger partial charge in [-0.15, -0.1) is 0 Å². The van der Waals surface area contributed by atoms with Gasteiger partial charge in [0.15, 0.2) is 0 Å². The third kappa shape index (κ3) is 3.63. The molecule has 0 atom stereocenters. The summed E-state index contributed by atoms with van der Waals surface area (Å²) < 4.78 is 10.4. The number of H-pyrrole nitrogens is 1. The fourth-order valence-electron chi connectivity index (χ4n) is 2.53. The lowest BCUT2D eigenvalue weighted by Gasteiger charge is -2.18. The van der Waals surface area contributed by atoms with E-state index < -0.39 is 0 Å². The minimum atomic E-state index is -0.180. The monoisotopic (exact) mass is 341 g/mol. The molecule has 2 heterocycles. The van der Waals surface area contributed by atoms with Crippen molar-refractivity contribution in [2.24, 2.45) is 0 Å². The molecule has 0 unspecified atom stereocenters. The summed E-state index contributed by atoms with van der Waals surface area (Å²) in [6, 6.07) is 7.09. The number of likely N-dealkylation sites (N-methyl/N-ethyl adjacent to an activating group) is 1. The van der Waals surface area contributed by atoms with E-state index in [2.05, 4.69) is 20.3 Å². The van der Waals surface area contributed by atoms with Gasteiger partial charge in [0.25, 0.3) is 0 Å². The van der Waals surface area contributed by atoms with Gasteiger partial charge in [-0.3, -0.25) is 4.79 Å². The van der Waals surface area contributed by atoms with E-state index in [1.807, 2.05) is 6.07 Å². The van der Waals surface area contributed by atoms with Gasteiger partial charge in [0.1, 0.15) is 29.3 Å². The molecule has 0 aliphatic carbocycles. The van der Waals surface area contributed by atoms with Crippen LogP contribution in [0.5, 0.6) is 11.5 Å². The van der Waals surface area contributed by atoms with E-state index >= 15 is 0 Å². The first-order chi connectivity index (χ1) is 12.1. The van der Waals surface area contributed by atoms with Crippen LogP contribution in [-0.2, 0) is 4.79 Å². The summed E-state index contributed by atoms with van der Waals surface area (Å²) in [4.78, 5) is 25.6. The molecule has 25 heavy (non-hydrogen) atoms. The standard InChI is InChI=1S/C17H19N5O3/c1-22(17-14-4-5-18-16(14)19-10-20-17)9-15(23)21-11-6-12(24-2)8-13(7-11)25-3/h4-8,10H,9H2,1-3H3,(H,21,23)(H,18,19,20). The van der Waals surface area contributed by atoms with Crippen molar-refractivity contribution in [3.05, 3.63) is 36.8 Å². The van der Waals surface area contributed by atoms with Gasteiger partial charge in [0, 0.05) is 37.1 Å². The van der Waals surface area contributed by atoms with Crippen LogP contribution in [-0.4, -0.2) is 48.7 Å². The number of benzene rings is 1. The number of carbonyl (C=O) groups excluding carboxylic acids is 1. The molecule has 1 aromatic carbocycles. The van der Waals surface area contributed by atoms with E-state index in [-0.39, 0.29) is 12.5 Å². The number of nitrogens with zero attached hydrogens (tertiary/aromatic N) is 3. The van der Waals surface area contributed by atoms with Crippen molar-refractivity contribution < 1.29 is 14.3 Å². The Hall–Kier alpha value is -3.29. The Kier molecular flexibility index (Phi) is 4.69. The highest BCUT2D eigenvalue weighted by Gasteiger charge is 2.13. The van der Waals surface area contributed by atoms with E-state index in [1.54, 1.807) is 50.6 Å². The molecule has 0 aliphatic heterocycles. The Labute approximate surface area is 144 Å². The van der Waals surface area contributed by atoms with Crippen molar-refractivity contribution in [1.29, 1.82) is 0 Å². The maximum absolute atomic E-state index is 12.4. The average Bonchev–Trinajstić information content (AvgIpc) is 3.09. The number of nitrogens with one attached hydrogen (secondary N) is 2. The SMILES string of the molecule is COc1cc(NC(=O)CN(C)c2ncnc3[nH]ccc23)cc(OC)c1. The van der Waals surface area contributed by atoms with Crippen LogP contribution in [0.25, 0.3) is 11.0 Å². The molecule has 8 nitrogen and oxygen atoms in total. The predicted molar refractivity (Wildman–Crippen MR) is 95.3 cm³/mol.